The first kappa shape index (κ1) is 22.5. The molecule has 36 heavy (non-hydrogen) atoms. The molecule has 2 aromatic heterocycles. The maximum absolute atomic E-state index is 13.4. The number of hydrogen-bond acceptors (Lipinski definition) is 7. The summed E-state index contributed by atoms with van der Waals surface area (Å²) < 4.78 is 19.0. The van der Waals surface area contributed by atoms with E-state index < -0.39 is 0 Å². The van der Waals surface area contributed by atoms with Gasteiger partial charge in [-0.1, -0.05) is 11.6 Å². The summed E-state index contributed by atoms with van der Waals surface area (Å²) in [6.07, 6.45) is 0.829. The zero-order valence-electron chi connectivity index (χ0n) is 19.1. The Hall–Kier alpha value is -3.98. The maximum atomic E-state index is 13.4. The summed E-state index contributed by atoms with van der Waals surface area (Å²) in [6.45, 7) is 1.15. The lowest BCUT2D eigenvalue weighted by Crippen LogP contribution is -2.50. The summed E-state index contributed by atoms with van der Waals surface area (Å²) in [7, 11) is 0. The van der Waals surface area contributed by atoms with Gasteiger partial charge in [0, 0.05) is 23.7 Å². The van der Waals surface area contributed by atoms with Crippen LogP contribution in [-0.2, 0) is 4.79 Å². The third-order valence-electron chi connectivity index (χ3n) is 6.69. The molecular formula is C26H22ClFN6O2. The Morgan fingerprint density at radius 2 is 1.78 bits per heavy atom. The van der Waals surface area contributed by atoms with Gasteiger partial charge in [-0.25, -0.2) is 14.4 Å². The molecule has 10 heteroatoms. The Labute approximate surface area is 211 Å². The van der Waals surface area contributed by atoms with Crippen LogP contribution >= 0.6 is 11.6 Å². The summed E-state index contributed by atoms with van der Waals surface area (Å²) in [5.41, 5.74) is 8.78. The molecule has 6 rings (SSSR count). The molecule has 2 aliphatic heterocycles. The number of piperazine rings is 1. The number of nitrogens with two attached hydrogens (primary N) is 1. The molecule has 2 fully saturated rings. The van der Waals surface area contributed by atoms with Crippen LogP contribution in [0, 0.1) is 5.82 Å². The summed E-state index contributed by atoms with van der Waals surface area (Å²) >= 11 is 5.91. The fourth-order valence-corrected chi connectivity index (χ4v) is 5.11. The van der Waals surface area contributed by atoms with Gasteiger partial charge < -0.3 is 20.3 Å². The van der Waals surface area contributed by atoms with Crippen molar-refractivity contribution in [1.82, 2.24) is 19.9 Å². The van der Waals surface area contributed by atoms with Crippen LogP contribution in [0.4, 0.5) is 16.2 Å². The monoisotopic (exact) mass is 504 g/mol. The first-order chi connectivity index (χ1) is 17.4. The van der Waals surface area contributed by atoms with Crippen LogP contribution in [0.2, 0.25) is 5.02 Å². The SMILES string of the molecule is Nc1nc(N2C[C@H]3C[C@@H]2CN3C(=O)COc2ccc(Cl)cc2)c2nc(-c3ccc(F)cc3)ccc2n1. The first-order valence-electron chi connectivity index (χ1n) is 11.6. The number of ether oxygens (including phenoxy) is 1. The van der Waals surface area contributed by atoms with Crippen molar-refractivity contribution in [1.29, 1.82) is 0 Å². The van der Waals surface area contributed by atoms with Crippen LogP contribution in [0.3, 0.4) is 0 Å². The number of aromatic nitrogens is 3. The number of nitrogen functional groups attached to an aromatic ring is 1. The summed E-state index contributed by atoms with van der Waals surface area (Å²) in [6, 6.07) is 16.9. The van der Waals surface area contributed by atoms with Crippen LogP contribution in [0.25, 0.3) is 22.3 Å². The minimum Gasteiger partial charge on any atom is -0.484 e. The number of likely N-dealkylation sites (tertiary alicyclic amines) is 1. The van der Waals surface area contributed by atoms with Crippen LogP contribution in [0.15, 0.2) is 60.7 Å². The summed E-state index contributed by atoms with van der Waals surface area (Å²) in [5, 5.41) is 0.614. The minimum atomic E-state index is -0.304. The smallest absolute Gasteiger partial charge is 0.260 e. The van der Waals surface area contributed by atoms with Gasteiger partial charge >= 0.3 is 0 Å². The quantitative estimate of drug-likeness (QED) is 0.439. The number of rotatable bonds is 5. The molecule has 4 aromatic rings. The van der Waals surface area contributed by atoms with Gasteiger partial charge in [0.05, 0.1) is 23.3 Å². The number of pyridine rings is 1. The molecule has 0 unspecified atom stereocenters. The van der Waals surface area contributed by atoms with Crippen LogP contribution in [0.5, 0.6) is 5.75 Å². The number of benzene rings is 2. The van der Waals surface area contributed by atoms with E-state index in [1.165, 1.54) is 12.1 Å². The standard InChI is InChI=1S/C26H22ClFN6O2/c27-16-3-7-20(8-4-16)36-14-23(35)33-12-19-11-18(33)13-34(19)25-24-22(31-26(29)32-25)10-9-21(30-24)15-1-5-17(28)6-2-15/h1-10,18-19H,11-14H2,(H2,29,31,32)/t18-,19-/m1/s1. The topological polar surface area (TPSA) is 97.5 Å². The van der Waals surface area contributed by atoms with E-state index in [9.17, 15) is 9.18 Å². The third kappa shape index (κ3) is 4.15. The van der Waals surface area contributed by atoms with E-state index in [0.717, 1.165) is 12.0 Å². The Balaban J connectivity index is 1.22. The Morgan fingerprint density at radius 1 is 1.00 bits per heavy atom. The molecule has 0 spiro atoms. The lowest BCUT2D eigenvalue weighted by molar-refractivity contribution is -0.134. The van der Waals surface area contributed by atoms with Crippen molar-refractivity contribution < 1.29 is 13.9 Å². The fraction of sp³-hybridized carbons (Fsp3) is 0.231. The van der Waals surface area contributed by atoms with E-state index >= 15 is 0 Å². The Morgan fingerprint density at radius 3 is 2.50 bits per heavy atom. The van der Waals surface area contributed by atoms with E-state index in [2.05, 4.69) is 14.9 Å². The van der Waals surface area contributed by atoms with Gasteiger partial charge in [0.25, 0.3) is 5.91 Å². The van der Waals surface area contributed by atoms with Crippen LogP contribution in [0.1, 0.15) is 6.42 Å². The van der Waals surface area contributed by atoms with Gasteiger partial charge in [-0.3, -0.25) is 4.79 Å². The number of carbonyl (C=O) groups excluding carboxylic acids is 1. The molecule has 1 amide bonds. The molecule has 0 radical (unpaired) electrons. The van der Waals surface area contributed by atoms with Crippen LogP contribution in [-0.4, -0.2) is 57.5 Å². The van der Waals surface area contributed by atoms with E-state index in [0.29, 0.717) is 46.4 Å². The van der Waals surface area contributed by atoms with Crippen molar-refractivity contribution in [3.05, 3.63) is 71.5 Å². The molecule has 2 atom stereocenters. The average molecular weight is 505 g/mol. The van der Waals surface area contributed by atoms with Gasteiger partial charge in [0.1, 0.15) is 17.1 Å². The molecule has 4 heterocycles. The highest BCUT2D eigenvalue weighted by atomic mass is 35.5. The zero-order chi connectivity index (χ0) is 24.8. The van der Waals surface area contributed by atoms with Crippen LogP contribution < -0.4 is 15.4 Å². The number of hydrogen-bond donors (Lipinski definition) is 1. The Kier molecular flexibility index (Phi) is 5.56. The second-order valence-corrected chi connectivity index (χ2v) is 9.40. The molecule has 2 aliphatic rings. The third-order valence-corrected chi connectivity index (χ3v) is 6.94. The number of carbonyl (C=O) groups is 1. The zero-order valence-corrected chi connectivity index (χ0v) is 19.9. The molecule has 2 N–H and O–H groups in total. The Bertz CT molecular complexity index is 1450. The summed E-state index contributed by atoms with van der Waals surface area (Å²) in [5.74, 6) is 1.06. The number of halogens is 2. The number of anilines is 2. The van der Waals surface area contributed by atoms with Crippen molar-refractivity contribution in [3.63, 3.8) is 0 Å². The first-order valence-corrected chi connectivity index (χ1v) is 12.0. The van der Waals surface area contributed by atoms with E-state index in [-0.39, 0.29) is 36.4 Å². The van der Waals surface area contributed by atoms with Crippen molar-refractivity contribution in [2.45, 2.75) is 18.5 Å². The average Bonchev–Trinajstić information content (AvgIpc) is 3.49. The molecule has 2 aromatic carbocycles. The molecule has 182 valence electrons. The van der Waals surface area contributed by atoms with E-state index in [1.807, 2.05) is 17.0 Å². The molecule has 0 saturated carbocycles. The minimum absolute atomic E-state index is 0.0309. The van der Waals surface area contributed by atoms with E-state index in [4.69, 9.17) is 27.1 Å². The number of amides is 1. The largest absolute Gasteiger partial charge is 0.484 e. The molecule has 2 saturated heterocycles. The maximum Gasteiger partial charge on any atom is 0.260 e. The van der Waals surface area contributed by atoms with Crippen molar-refractivity contribution in [3.8, 4) is 17.0 Å². The van der Waals surface area contributed by atoms with Gasteiger partial charge in [-0.2, -0.15) is 4.98 Å². The number of nitrogens with zero attached hydrogens (tertiary/aromatic N) is 5. The lowest BCUT2D eigenvalue weighted by Gasteiger charge is -2.35. The molecule has 8 nitrogen and oxygen atoms in total. The molecular weight excluding hydrogens is 483 g/mol. The summed E-state index contributed by atoms with van der Waals surface area (Å²) in [4.78, 5) is 30.6. The highest BCUT2D eigenvalue weighted by Crippen LogP contribution is 2.37. The highest BCUT2D eigenvalue weighted by Gasteiger charge is 2.46. The van der Waals surface area contributed by atoms with E-state index in [1.54, 1.807) is 36.4 Å². The fourth-order valence-electron chi connectivity index (χ4n) is 4.99. The predicted octanol–water partition coefficient (Wildman–Crippen LogP) is 3.94. The molecule has 2 bridgehead atoms. The van der Waals surface area contributed by atoms with Crippen molar-refractivity contribution in [2.24, 2.45) is 0 Å². The second-order valence-electron chi connectivity index (χ2n) is 8.96. The highest BCUT2D eigenvalue weighted by molar-refractivity contribution is 6.30. The molecule has 0 aliphatic carbocycles. The van der Waals surface area contributed by atoms with Gasteiger partial charge in [-0.15, -0.1) is 0 Å². The van der Waals surface area contributed by atoms with Crippen molar-refractivity contribution in [2.75, 3.05) is 30.3 Å². The van der Waals surface area contributed by atoms with Gasteiger partial charge in [-0.05, 0) is 67.1 Å². The normalized spacial score (nSPS) is 18.7. The second kappa shape index (κ2) is 8.91. The number of fused-ring (bicyclic) bond motifs is 3. The predicted molar refractivity (Wildman–Crippen MR) is 135 cm³/mol. The lowest BCUT2D eigenvalue weighted by atomic mass is 10.1. The van der Waals surface area contributed by atoms with Crippen molar-refractivity contribution >= 4 is 40.3 Å². The van der Waals surface area contributed by atoms with Gasteiger partial charge in [0.15, 0.2) is 12.4 Å². The van der Waals surface area contributed by atoms with Gasteiger partial charge in [0.2, 0.25) is 5.95 Å².